The summed E-state index contributed by atoms with van der Waals surface area (Å²) in [5.74, 6) is -0.626. The lowest BCUT2D eigenvalue weighted by atomic mass is 10.0. The van der Waals surface area contributed by atoms with Crippen LogP contribution >= 0.6 is 0 Å². The molecule has 192 valence electrons. The van der Waals surface area contributed by atoms with E-state index in [4.69, 9.17) is 0 Å². The van der Waals surface area contributed by atoms with Crippen molar-refractivity contribution in [2.75, 3.05) is 16.9 Å². The van der Waals surface area contributed by atoms with Gasteiger partial charge < -0.3 is 19.6 Å². The zero-order valence-corrected chi connectivity index (χ0v) is 21.5. The van der Waals surface area contributed by atoms with E-state index in [2.05, 4.69) is 20.7 Å². The molecule has 0 fully saturated rings. The molecule has 3 aromatic heterocycles. The van der Waals surface area contributed by atoms with Crippen LogP contribution in [0.3, 0.4) is 0 Å². The summed E-state index contributed by atoms with van der Waals surface area (Å²) in [6.07, 6.45) is 5.11. The Bertz CT molecular complexity index is 1680. The highest BCUT2D eigenvalue weighted by atomic mass is 32.2. The number of anilines is 2. The quantitative estimate of drug-likeness (QED) is 0.312. The van der Waals surface area contributed by atoms with Crippen LogP contribution in [-0.2, 0) is 16.0 Å². The lowest BCUT2D eigenvalue weighted by Gasteiger charge is -2.10. The predicted molar refractivity (Wildman–Crippen MR) is 143 cm³/mol. The molecule has 0 saturated heterocycles. The van der Waals surface area contributed by atoms with Gasteiger partial charge in [-0.2, -0.15) is 9.78 Å². The Morgan fingerprint density at radius 2 is 1.76 bits per heavy atom. The van der Waals surface area contributed by atoms with Crippen molar-refractivity contribution in [1.29, 1.82) is 0 Å². The fraction of sp³-hybridized carbons (Fsp3) is 0.111. The number of hydrogen-bond donors (Lipinski definition) is 2. The Morgan fingerprint density at radius 1 is 1.00 bits per heavy atom. The van der Waals surface area contributed by atoms with E-state index in [9.17, 15) is 18.5 Å². The van der Waals surface area contributed by atoms with Gasteiger partial charge in [-0.25, -0.2) is 9.37 Å². The number of benzene rings is 2. The molecule has 9 nitrogen and oxygen atoms in total. The third kappa shape index (κ3) is 5.15. The maximum absolute atomic E-state index is 13.4. The lowest BCUT2D eigenvalue weighted by Crippen LogP contribution is -2.13. The zero-order valence-electron chi connectivity index (χ0n) is 20.7. The third-order valence-corrected chi connectivity index (χ3v) is 6.72. The lowest BCUT2D eigenvalue weighted by molar-refractivity contribution is -0.114. The minimum Gasteiger partial charge on any atom is -0.610 e. The van der Waals surface area contributed by atoms with Crippen LogP contribution in [0.4, 0.5) is 15.9 Å². The molecular formula is C27H23FN6O3S. The van der Waals surface area contributed by atoms with E-state index in [1.54, 1.807) is 12.3 Å². The summed E-state index contributed by atoms with van der Waals surface area (Å²) >= 11 is -1.44. The third-order valence-electron chi connectivity index (χ3n) is 5.84. The number of amides is 2. The van der Waals surface area contributed by atoms with Crippen LogP contribution in [0.1, 0.15) is 23.0 Å². The van der Waals surface area contributed by atoms with E-state index < -0.39 is 22.9 Å². The van der Waals surface area contributed by atoms with Crippen LogP contribution < -0.4 is 10.6 Å². The highest BCUT2D eigenvalue weighted by Crippen LogP contribution is 2.28. The number of fused-ring (bicyclic) bond motifs is 1. The first kappa shape index (κ1) is 25.2. The average Bonchev–Trinajstić information content (AvgIpc) is 3.49. The Kier molecular flexibility index (Phi) is 6.70. The van der Waals surface area contributed by atoms with Gasteiger partial charge in [-0.3, -0.25) is 9.59 Å². The van der Waals surface area contributed by atoms with Crippen molar-refractivity contribution in [2.24, 2.45) is 0 Å². The molecule has 0 aliphatic carbocycles. The van der Waals surface area contributed by atoms with Gasteiger partial charge in [-0.1, -0.05) is 6.07 Å². The number of hydrogen-bond acceptors (Lipinski definition) is 5. The smallest absolute Gasteiger partial charge is 0.276 e. The summed E-state index contributed by atoms with van der Waals surface area (Å²) in [6, 6.07) is 16.3. The van der Waals surface area contributed by atoms with Crippen LogP contribution in [0.5, 0.6) is 0 Å². The van der Waals surface area contributed by atoms with E-state index in [0.717, 1.165) is 16.7 Å². The molecule has 3 heterocycles. The second-order valence-corrected chi connectivity index (χ2v) is 10.0. The standard InChI is InChI=1S/C27H23FN6O3S/c1-16-4-8-20(12-22(16)18-5-11-25-31-24(29-17(2)35)15-33(25)14-18)30-27(36)23-13-26(38(3)37)34(32-23)21-9-6-19(28)7-10-21/h4-15H,1-3H3,(H,29,35)(H,30,36). The average molecular weight is 531 g/mol. The number of imidazole rings is 1. The number of rotatable bonds is 6. The fourth-order valence-corrected chi connectivity index (χ4v) is 4.71. The second kappa shape index (κ2) is 10.1. The normalized spacial score (nSPS) is 11.9. The van der Waals surface area contributed by atoms with E-state index in [1.807, 2.05) is 41.8 Å². The molecule has 1 unspecified atom stereocenters. The van der Waals surface area contributed by atoms with Crippen molar-refractivity contribution in [3.63, 3.8) is 0 Å². The molecule has 2 N–H and O–H groups in total. The van der Waals surface area contributed by atoms with Gasteiger partial charge in [-0.05, 0) is 72.1 Å². The largest absolute Gasteiger partial charge is 0.610 e. The molecule has 11 heteroatoms. The minimum absolute atomic E-state index is 0.0759. The van der Waals surface area contributed by atoms with Gasteiger partial charge >= 0.3 is 0 Å². The van der Waals surface area contributed by atoms with E-state index in [1.165, 1.54) is 48.2 Å². The number of aryl methyl sites for hydroxylation is 1. The van der Waals surface area contributed by atoms with E-state index in [0.29, 0.717) is 27.9 Å². The van der Waals surface area contributed by atoms with Gasteiger partial charge in [0.05, 0.1) is 11.9 Å². The molecule has 0 aliphatic heterocycles. The Morgan fingerprint density at radius 3 is 2.47 bits per heavy atom. The number of carbonyl (C=O) groups excluding carboxylic acids is 2. The van der Waals surface area contributed by atoms with E-state index in [-0.39, 0.29) is 11.6 Å². The molecule has 1 atom stereocenters. The van der Waals surface area contributed by atoms with Gasteiger partial charge in [-0.15, -0.1) is 0 Å². The van der Waals surface area contributed by atoms with Crippen molar-refractivity contribution in [3.05, 3.63) is 90.1 Å². The fourth-order valence-electron chi connectivity index (χ4n) is 4.04. The molecule has 0 radical (unpaired) electrons. The molecule has 2 amide bonds. The maximum atomic E-state index is 13.4. The number of carbonyl (C=O) groups is 2. The Hall–Kier alpha value is -4.48. The van der Waals surface area contributed by atoms with Crippen molar-refractivity contribution in [3.8, 4) is 16.8 Å². The summed E-state index contributed by atoms with van der Waals surface area (Å²) in [5.41, 5.74) is 4.58. The zero-order chi connectivity index (χ0) is 27.0. The van der Waals surface area contributed by atoms with Crippen LogP contribution in [-0.4, -0.2) is 41.8 Å². The van der Waals surface area contributed by atoms with Crippen molar-refractivity contribution < 1.29 is 18.5 Å². The first-order chi connectivity index (χ1) is 18.2. The molecule has 0 bridgehead atoms. The summed E-state index contributed by atoms with van der Waals surface area (Å²) in [4.78, 5) is 28.8. The van der Waals surface area contributed by atoms with Crippen molar-refractivity contribution in [2.45, 2.75) is 18.9 Å². The SMILES string of the molecule is CC(=O)Nc1cn2cc(-c3cc(NC(=O)c4cc([S+](C)[O-])n(-c5ccc(F)cc5)n4)ccc3C)ccc2n1. The monoisotopic (exact) mass is 530 g/mol. The maximum Gasteiger partial charge on any atom is 0.276 e. The molecule has 0 aliphatic rings. The van der Waals surface area contributed by atoms with Gasteiger partial charge in [0.1, 0.15) is 17.7 Å². The topological polar surface area (TPSA) is 116 Å². The van der Waals surface area contributed by atoms with Crippen LogP contribution in [0.25, 0.3) is 22.5 Å². The minimum atomic E-state index is -1.44. The number of pyridine rings is 1. The summed E-state index contributed by atoms with van der Waals surface area (Å²) in [6.45, 7) is 3.39. The van der Waals surface area contributed by atoms with Gasteiger partial charge in [0.15, 0.2) is 11.5 Å². The highest BCUT2D eigenvalue weighted by Gasteiger charge is 2.22. The molecule has 5 rings (SSSR count). The van der Waals surface area contributed by atoms with Crippen molar-refractivity contribution >= 4 is 40.1 Å². The molecular weight excluding hydrogens is 507 g/mol. The first-order valence-electron chi connectivity index (χ1n) is 11.6. The molecule has 0 spiro atoms. The molecule has 38 heavy (non-hydrogen) atoms. The van der Waals surface area contributed by atoms with Crippen LogP contribution in [0.2, 0.25) is 0 Å². The van der Waals surface area contributed by atoms with E-state index >= 15 is 0 Å². The number of halogens is 1. The summed E-state index contributed by atoms with van der Waals surface area (Å²) < 4.78 is 28.9. The summed E-state index contributed by atoms with van der Waals surface area (Å²) in [7, 11) is 0. The van der Waals surface area contributed by atoms with Gasteiger partial charge in [0, 0.05) is 36.1 Å². The van der Waals surface area contributed by atoms with Gasteiger partial charge in [0.25, 0.3) is 5.91 Å². The first-order valence-corrected chi connectivity index (χ1v) is 13.1. The van der Waals surface area contributed by atoms with Crippen molar-refractivity contribution in [1.82, 2.24) is 19.2 Å². The molecule has 5 aromatic rings. The molecule has 0 saturated carbocycles. The predicted octanol–water partition coefficient (Wildman–Crippen LogP) is 4.58. The molecule has 2 aromatic carbocycles. The van der Waals surface area contributed by atoms with Crippen LogP contribution in [0, 0.1) is 12.7 Å². The summed E-state index contributed by atoms with van der Waals surface area (Å²) in [5, 5.41) is 10.2. The van der Waals surface area contributed by atoms with Gasteiger partial charge in [0.2, 0.25) is 10.9 Å². The Balaban J connectivity index is 1.43. The van der Waals surface area contributed by atoms with Crippen LogP contribution in [0.15, 0.2) is 78.1 Å². The second-order valence-electron chi connectivity index (χ2n) is 8.68. The number of nitrogens with zero attached hydrogens (tertiary/aromatic N) is 4. The highest BCUT2D eigenvalue weighted by molar-refractivity contribution is 7.90. The number of aromatic nitrogens is 4. The Labute approximate surface area is 220 Å². The number of nitrogens with one attached hydrogen (secondary N) is 2.